The highest BCUT2D eigenvalue weighted by Crippen LogP contribution is 2.08. The van der Waals surface area contributed by atoms with E-state index in [0.29, 0.717) is 0 Å². The number of hydrogen-bond donors (Lipinski definition) is 0. The van der Waals surface area contributed by atoms with Crippen LogP contribution in [0.5, 0.6) is 0 Å². The number of halogens is 1. The molecule has 0 aliphatic rings. The maximum absolute atomic E-state index is 11.6. The van der Waals surface area contributed by atoms with Gasteiger partial charge >= 0.3 is 6.04 Å². The van der Waals surface area contributed by atoms with E-state index in [0.717, 1.165) is 11.3 Å². The van der Waals surface area contributed by atoms with Gasteiger partial charge < -0.3 is 0 Å². The number of carbonyl (C=O) groups excluding carboxylic acids is 1. The molecule has 0 fully saturated rings. The van der Waals surface area contributed by atoms with Crippen LogP contribution in [-0.2, 0) is 0 Å². The lowest BCUT2D eigenvalue weighted by molar-refractivity contribution is 0.0840. The molecule has 0 N–H and O–H groups in total. The predicted octanol–water partition coefficient (Wildman–Crippen LogP) is 1.86. The molecular formula is C5H3FOS. The fourth-order valence-corrected chi connectivity index (χ4v) is 0.944. The van der Waals surface area contributed by atoms with Crippen molar-refractivity contribution in [2.24, 2.45) is 0 Å². The molecule has 0 unspecified atom stereocenters. The zero-order valence-electron chi connectivity index (χ0n) is 3.93. The van der Waals surface area contributed by atoms with Gasteiger partial charge in [-0.25, -0.2) is 0 Å². The molecule has 0 amide bonds. The highest BCUT2D eigenvalue weighted by molar-refractivity contribution is 7.11. The molecule has 0 atom stereocenters. The fraction of sp³-hybridized carbons (Fsp3) is 0. The Labute approximate surface area is 49.8 Å². The summed E-state index contributed by atoms with van der Waals surface area (Å²) in [5, 5.41) is 1.66. The maximum Gasteiger partial charge on any atom is 0.341 e. The van der Waals surface area contributed by atoms with Gasteiger partial charge in [0.25, 0.3) is 0 Å². The van der Waals surface area contributed by atoms with Crippen LogP contribution in [0.2, 0.25) is 0 Å². The molecule has 0 aliphatic heterocycles. The molecular weight excluding hydrogens is 127 g/mol. The van der Waals surface area contributed by atoms with E-state index in [9.17, 15) is 9.18 Å². The molecule has 8 heavy (non-hydrogen) atoms. The van der Waals surface area contributed by atoms with Crippen molar-refractivity contribution < 1.29 is 9.18 Å². The molecule has 1 aromatic rings. The molecule has 1 aromatic heterocycles. The monoisotopic (exact) mass is 130 g/mol. The Morgan fingerprint density at radius 3 is 2.75 bits per heavy atom. The van der Waals surface area contributed by atoms with Crippen LogP contribution in [0.25, 0.3) is 0 Å². The third-order valence-corrected chi connectivity index (χ3v) is 1.56. The van der Waals surface area contributed by atoms with Crippen molar-refractivity contribution in [2.45, 2.75) is 0 Å². The van der Waals surface area contributed by atoms with Crippen molar-refractivity contribution in [2.75, 3.05) is 0 Å². The van der Waals surface area contributed by atoms with Crippen LogP contribution >= 0.6 is 11.3 Å². The second kappa shape index (κ2) is 2.05. The number of hydrogen-bond acceptors (Lipinski definition) is 2. The van der Waals surface area contributed by atoms with E-state index in [-0.39, 0.29) is 4.88 Å². The second-order valence-electron chi connectivity index (χ2n) is 1.25. The first-order chi connectivity index (χ1) is 3.80. The normalized spacial score (nSPS) is 9.12. The third-order valence-electron chi connectivity index (χ3n) is 0.715. The van der Waals surface area contributed by atoms with E-state index in [1.54, 1.807) is 11.4 Å². The van der Waals surface area contributed by atoms with Crippen molar-refractivity contribution in [3.8, 4) is 0 Å². The van der Waals surface area contributed by atoms with Crippen molar-refractivity contribution in [3.63, 3.8) is 0 Å². The first-order valence-electron chi connectivity index (χ1n) is 2.04. The average molecular weight is 130 g/mol. The summed E-state index contributed by atoms with van der Waals surface area (Å²) >= 11 is 1.11. The van der Waals surface area contributed by atoms with Crippen LogP contribution in [0.15, 0.2) is 17.5 Å². The summed E-state index contributed by atoms with van der Waals surface area (Å²) in [5.41, 5.74) is 0. The molecule has 0 aliphatic carbocycles. The predicted molar refractivity (Wildman–Crippen MR) is 29.8 cm³/mol. The summed E-state index contributed by atoms with van der Waals surface area (Å²) < 4.78 is 11.6. The lowest BCUT2D eigenvalue weighted by Gasteiger charge is -1.74. The van der Waals surface area contributed by atoms with Crippen LogP contribution in [-0.4, -0.2) is 6.04 Å². The maximum atomic E-state index is 11.6. The van der Waals surface area contributed by atoms with E-state index >= 15 is 0 Å². The van der Waals surface area contributed by atoms with Crippen LogP contribution in [0.4, 0.5) is 4.39 Å². The lowest BCUT2D eigenvalue weighted by Crippen LogP contribution is -1.80. The molecule has 0 saturated carbocycles. The van der Waals surface area contributed by atoms with Gasteiger partial charge in [0.15, 0.2) is 0 Å². The topological polar surface area (TPSA) is 17.1 Å². The van der Waals surface area contributed by atoms with E-state index in [4.69, 9.17) is 0 Å². The average Bonchev–Trinajstić information content (AvgIpc) is 2.12. The quantitative estimate of drug-likeness (QED) is 0.530. The Morgan fingerprint density at radius 2 is 2.50 bits per heavy atom. The Bertz CT molecular complexity index is 180. The highest BCUT2D eigenvalue weighted by Gasteiger charge is 2.00. The summed E-state index contributed by atoms with van der Waals surface area (Å²) in [4.78, 5) is 10.0. The zero-order valence-corrected chi connectivity index (χ0v) is 4.74. The second-order valence-corrected chi connectivity index (χ2v) is 2.20. The minimum Gasteiger partial charge on any atom is -0.254 e. The minimum atomic E-state index is -1.35. The summed E-state index contributed by atoms with van der Waals surface area (Å²) in [6.45, 7) is 0. The SMILES string of the molecule is O=C(F)c1cccs1. The van der Waals surface area contributed by atoms with Crippen molar-refractivity contribution in [1.29, 1.82) is 0 Å². The summed E-state index contributed by atoms with van der Waals surface area (Å²) in [5.74, 6) is 0. The van der Waals surface area contributed by atoms with E-state index in [1.807, 2.05) is 0 Å². The Morgan fingerprint density at radius 1 is 1.75 bits per heavy atom. The van der Waals surface area contributed by atoms with Crippen LogP contribution in [0.3, 0.4) is 0 Å². The molecule has 1 rings (SSSR count). The number of carbonyl (C=O) groups is 1. The molecule has 0 radical (unpaired) electrons. The first-order valence-corrected chi connectivity index (χ1v) is 2.92. The minimum absolute atomic E-state index is 0.171. The van der Waals surface area contributed by atoms with Gasteiger partial charge in [0.05, 0.1) is 0 Å². The summed E-state index contributed by atoms with van der Waals surface area (Å²) in [6.07, 6.45) is 0. The van der Waals surface area contributed by atoms with E-state index in [2.05, 4.69) is 0 Å². The van der Waals surface area contributed by atoms with E-state index < -0.39 is 6.04 Å². The van der Waals surface area contributed by atoms with Crippen molar-refractivity contribution in [1.82, 2.24) is 0 Å². The Kier molecular flexibility index (Phi) is 1.39. The molecule has 0 aromatic carbocycles. The van der Waals surface area contributed by atoms with Gasteiger partial charge in [-0.15, -0.1) is 11.3 Å². The van der Waals surface area contributed by atoms with Crippen molar-refractivity contribution in [3.05, 3.63) is 22.4 Å². The van der Waals surface area contributed by atoms with Gasteiger partial charge in [-0.05, 0) is 11.4 Å². The molecule has 1 nitrogen and oxygen atoms in total. The van der Waals surface area contributed by atoms with Gasteiger partial charge in [-0.2, -0.15) is 4.39 Å². The summed E-state index contributed by atoms with van der Waals surface area (Å²) in [7, 11) is 0. The molecule has 0 bridgehead atoms. The summed E-state index contributed by atoms with van der Waals surface area (Å²) in [6, 6.07) is 1.74. The van der Waals surface area contributed by atoms with Gasteiger partial charge in [0, 0.05) is 0 Å². The van der Waals surface area contributed by atoms with Crippen LogP contribution in [0, 0.1) is 0 Å². The van der Waals surface area contributed by atoms with Crippen LogP contribution in [0.1, 0.15) is 9.67 Å². The molecule has 3 heteroatoms. The van der Waals surface area contributed by atoms with Gasteiger partial charge in [0.1, 0.15) is 4.88 Å². The number of rotatable bonds is 1. The third kappa shape index (κ3) is 0.924. The highest BCUT2D eigenvalue weighted by atomic mass is 32.1. The standard InChI is InChI=1S/C5H3FOS/c6-5(7)4-2-1-3-8-4/h1-3H. The Balaban J connectivity index is 2.93. The lowest BCUT2D eigenvalue weighted by atomic mass is 10.5. The van der Waals surface area contributed by atoms with Crippen molar-refractivity contribution >= 4 is 17.4 Å². The van der Waals surface area contributed by atoms with Gasteiger partial charge in [-0.1, -0.05) is 6.07 Å². The smallest absolute Gasteiger partial charge is 0.254 e. The number of thiophene rings is 1. The molecule has 0 saturated heterocycles. The van der Waals surface area contributed by atoms with Gasteiger partial charge in [0.2, 0.25) is 0 Å². The molecule has 0 spiro atoms. The first kappa shape index (κ1) is 5.44. The van der Waals surface area contributed by atoms with E-state index in [1.165, 1.54) is 6.07 Å². The zero-order chi connectivity index (χ0) is 5.98. The largest absolute Gasteiger partial charge is 0.341 e. The Hall–Kier alpha value is -0.700. The fourth-order valence-electron chi connectivity index (χ4n) is 0.390. The molecule has 1 heterocycles. The molecule has 42 valence electrons. The van der Waals surface area contributed by atoms with Gasteiger partial charge in [-0.3, -0.25) is 4.79 Å². The van der Waals surface area contributed by atoms with Crippen LogP contribution < -0.4 is 0 Å².